The number of hydrogen-bond acceptors (Lipinski definition) is 3. The summed E-state index contributed by atoms with van der Waals surface area (Å²) in [5.41, 5.74) is 5.25. The number of anilines is 1. The number of Topliss-reactive ketones (excluding diaryl/α,β-unsaturated/α-hetero) is 1. The van der Waals surface area contributed by atoms with Gasteiger partial charge in [-0.3, -0.25) is 4.79 Å². The van der Waals surface area contributed by atoms with Gasteiger partial charge in [0.2, 0.25) is 0 Å². The maximum absolute atomic E-state index is 12.9. The highest BCUT2D eigenvalue weighted by molar-refractivity contribution is 5.96. The average molecular weight is 373 g/mol. The quantitative estimate of drug-likeness (QED) is 0.493. The smallest absolute Gasteiger partial charge is 0.165 e. The highest BCUT2D eigenvalue weighted by atomic mass is 16.5. The molecule has 3 nitrogen and oxygen atoms in total. The fourth-order valence-electron chi connectivity index (χ4n) is 3.17. The minimum atomic E-state index is -0.118. The van der Waals surface area contributed by atoms with E-state index in [0.717, 1.165) is 34.5 Å². The van der Waals surface area contributed by atoms with Gasteiger partial charge in [-0.15, -0.1) is 0 Å². The first-order valence-electron chi connectivity index (χ1n) is 9.68. The van der Waals surface area contributed by atoms with Crippen LogP contribution < -0.4 is 10.1 Å². The molecule has 0 aliphatic heterocycles. The summed E-state index contributed by atoms with van der Waals surface area (Å²) in [5, 5.41) is 3.53. The van der Waals surface area contributed by atoms with E-state index in [4.69, 9.17) is 4.74 Å². The Hall–Kier alpha value is -3.07. The highest BCUT2D eigenvalue weighted by Crippen LogP contribution is 2.26. The Morgan fingerprint density at radius 1 is 0.929 bits per heavy atom. The van der Waals surface area contributed by atoms with Gasteiger partial charge >= 0.3 is 0 Å². The van der Waals surface area contributed by atoms with Crippen molar-refractivity contribution in [3.63, 3.8) is 0 Å². The summed E-state index contributed by atoms with van der Waals surface area (Å²) in [4.78, 5) is 12.9. The number of hydrogen-bond donors (Lipinski definition) is 1. The Kier molecular flexibility index (Phi) is 6.49. The molecular formula is C25H27NO2. The zero-order chi connectivity index (χ0) is 19.9. The van der Waals surface area contributed by atoms with Crippen LogP contribution in [0.15, 0.2) is 72.8 Å². The van der Waals surface area contributed by atoms with Gasteiger partial charge in [0.25, 0.3) is 0 Å². The molecule has 0 aromatic heterocycles. The standard InChI is InChI=1S/C25H27NO2/c1-4-19-7-13-22(14-8-19)26-24(20-11-15-23(28-3)16-12-20)17-25(27)21-9-5-18(2)6-10-21/h5-16,24,26H,4,17H2,1-3H3. The van der Waals surface area contributed by atoms with E-state index in [9.17, 15) is 4.79 Å². The summed E-state index contributed by atoms with van der Waals surface area (Å²) in [6.07, 6.45) is 1.39. The van der Waals surface area contributed by atoms with Gasteiger partial charge in [-0.25, -0.2) is 0 Å². The number of carbonyl (C=O) groups is 1. The van der Waals surface area contributed by atoms with Crippen molar-refractivity contribution in [2.45, 2.75) is 32.7 Å². The molecule has 28 heavy (non-hydrogen) atoms. The fourth-order valence-corrected chi connectivity index (χ4v) is 3.17. The Bertz CT molecular complexity index is 897. The number of carbonyl (C=O) groups excluding carboxylic acids is 1. The van der Waals surface area contributed by atoms with Gasteiger partial charge in [0.15, 0.2) is 5.78 Å². The molecule has 3 aromatic rings. The van der Waals surface area contributed by atoms with Crippen LogP contribution in [-0.4, -0.2) is 12.9 Å². The van der Waals surface area contributed by atoms with Crippen LogP contribution in [-0.2, 0) is 6.42 Å². The molecule has 3 aromatic carbocycles. The average Bonchev–Trinajstić information content (AvgIpc) is 2.74. The van der Waals surface area contributed by atoms with Crippen LogP contribution in [0.4, 0.5) is 5.69 Å². The first kappa shape index (κ1) is 19.7. The summed E-state index contributed by atoms with van der Waals surface area (Å²) in [7, 11) is 1.65. The summed E-state index contributed by atoms with van der Waals surface area (Å²) in [6.45, 7) is 4.17. The predicted octanol–water partition coefficient (Wildman–Crippen LogP) is 5.99. The number of nitrogens with one attached hydrogen (secondary N) is 1. The Morgan fingerprint density at radius 3 is 2.14 bits per heavy atom. The third-order valence-electron chi connectivity index (χ3n) is 4.98. The van der Waals surface area contributed by atoms with Crippen molar-refractivity contribution in [3.8, 4) is 5.75 Å². The van der Waals surface area contributed by atoms with Gasteiger partial charge in [-0.05, 0) is 48.7 Å². The normalized spacial score (nSPS) is 11.7. The molecule has 0 saturated carbocycles. The van der Waals surface area contributed by atoms with E-state index < -0.39 is 0 Å². The number of aryl methyl sites for hydroxylation is 2. The van der Waals surface area contributed by atoms with Gasteiger partial charge in [0, 0.05) is 17.7 Å². The SMILES string of the molecule is CCc1ccc(NC(CC(=O)c2ccc(C)cc2)c2ccc(OC)cc2)cc1. The maximum Gasteiger partial charge on any atom is 0.165 e. The van der Waals surface area contributed by atoms with Gasteiger partial charge in [0.1, 0.15) is 5.75 Å². The third kappa shape index (κ3) is 5.01. The zero-order valence-electron chi connectivity index (χ0n) is 16.7. The molecule has 1 N–H and O–H groups in total. The number of ketones is 1. The second-order valence-electron chi connectivity index (χ2n) is 7.01. The summed E-state index contributed by atoms with van der Waals surface area (Å²) < 4.78 is 5.27. The van der Waals surface area contributed by atoms with Crippen molar-refractivity contribution in [1.82, 2.24) is 0 Å². The van der Waals surface area contributed by atoms with Gasteiger partial charge in [0.05, 0.1) is 13.2 Å². The topological polar surface area (TPSA) is 38.3 Å². The second kappa shape index (κ2) is 9.23. The lowest BCUT2D eigenvalue weighted by molar-refractivity contribution is 0.0976. The first-order valence-corrected chi connectivity index (χ1v) is 9.68. The Balaban J connectivity index is 1.83. The molecule has 0 spiro atoms. The van der Waals surface area contributed by atoms with Gasteiger partial charge in [-0.1, -0.05) is 61.0 Å². The van der Waals surface area contributed by atoms with Crippen LogP contribution in [0.2, 0.25) is 0 Å². The zero-order valence-corrected chi connectivity index (χ0v) is 16.7. The second-order valence-corrected chi connectivity index (χ2v) is 7.01. The highest BCUT2D eigenvalue weighted by Gasteiger charge is 2.17. The van der Waals surface area contributed by atoms with E-state index in [0.29, 0.717) is 6.42 Å². The van der Waals surface area contributed by atoms with Crippen LogP contribution in [0.5, 0.6) is 5.75 Å². The molecule has 1 unspecified atom stereocenters. The molecule has 0 fully saturated rings. The van der Waals surface area contributed by atoms with Crippen molar-refractivity contribution >= 4 is 11.5 Å². The lowest BCUT2D eigenvalue weighted by Gasteiger charge is -2.21. The van der Waals surface area contributed by atoms with Crippen molar-refractivity contribution in [3.05, 3.63) is 95.1 Å². The minimum absolute atomic E-state index is 0.118. The molecule has 1 atom stereocenters. The summed E-state index contributed by atoms with van der Waals surface area (Å²) in [6, 6.07) is 23.9. The van der Waals surface area contributed by atoms with E-state index in [1.807, 2.05) is 55.5 Å². The molecule has 0 bridgehead atoms. The Labute approximate surface area is 167 Å². The minimum Gasteiger partial charge on any atom is -0.497 e. The number of rotatable bonds is 8. The summed E-state index contributed by atoms with van der Waals surface area (Å²) in [5.74, 6) is 0.929. The first-order chi connectivity index (χ1) is 13.6. The predicted molar refractivity (Wildman–Crippen MR) is 115 cm³/mol. The number of benzene rings is 3. The van der Waals surface area contributed by atoms with Crippen molar-refractivity contribution in [1.29, 1.82) is 0 Å². The monoisotopic (exact) mass is 373 g/mol. The third-order valence-corrected chi connectivity index (χ3v) is 4.98. The lowest BCUT2D eigenvalue weighted by atomic mass is 9.97. The molecule has 0 heterocycles. The van der Waals surface area contributed by atoms with Gasteiger partial charge in [-0.2, -0.15) is 0 Å². The largest absolute Gasteiger partial charge is 0.497 e. The molecule has 0 aliphatic rings. The van der Waals surface area contributed by atoms with E-state index >= 15 is 0 Å². The Morgan fingerprint density at radius 2 is 1.57 bits per heavy atom. The van der Waals surface area contributed by atoms with Gasteiger partial charge < -0.3 is 10.1 Å². The molecule has 144 valence electrons. The summed E-state index contributed by atoms with van der Waals surface area (Å²) >= 11 is 0. The van der Waals surface area contributed by atoms with Crippen LogP contribution in [0.3, 0.4) is 0 Å². The van der Waals surface area contributed by atoms with E-state index in [2.05, 4.69) is 36.5 Å². The lowest BCUT2D eigenvalue weighted by Crippen LogP contribution is -2.16. The molecule has 0 amide bonds. The molecule has 0 aliphatic carbocycles. The van der Waals surface area contributed by atoms with Crippen molar-refractivity contribution in [2.75, 3.05) is 12.4 Å². The molecule has 0 saturated heterocycles. The molecular weight excluding hydrogens is 346 g/mol. The maximum atomic E-state index is 12.9. The number of ether oxygens (including phenoxy) is 1. The fraction of sp³-hybridized carbons (Fsp3) is 0.240. The molecule has 3 heteroatoms. The van der Waals surface area contributed by atoms with Crippen LogP contribution in [0, 0.1) is 6.92 Å². The van der Waals surface area contributed by atoms with E-state index in [1.165, 1.54) is 5.56 Å². The van der Waals surface area contributed by atoms with Crippen LogP contribution >= 0.6 is 0 Å². The van der Waals surface area contributed by atoms with Crippen molar-refractivity contribution < 1.29 is 9.53 Å². The van der Waals surface area contributed by atoms with E-state index in [-0.39, 0.29) is 11.8 Å². The van der Waals surface area contributed by atoms with Crippen LogP contribution in [0.25, 0.3) is 0 Å². The molecule has 0 radical (unpaired) electrons. The van der Waals surface area contributed by atoms with E-state index in [1.54, 1.807) is 7.11 Å². The number of methoxy groups -OCH3 is 1. The van der Waals surface area contributed by atoms with Crippen LogP contribution in [0.1, 0.15) is 46.4 Å². The van der Waals surface area contributed by atoms with Crippen molar-refractivity contribution in [2.24, 2.45) is 0 Å². The molecule has 3 rings (SSSR count).